The van der Waals surface area contributed by atoms with E-state index in [1.807, 2.05) is 0 Å². The van der Waals surface area contributed by atoms with E-state index in [9.17, 15) is 14.7 Å². The molecule has 0 unspecified atom stereocenters. The number of hydrogen-bond donors (Lipinski definition) is 1. The SMILES string of the molecule is C=CC(=O)OCCCCOc1ccc(C(=O)Oc2ccc(O)c(C)c2)cc1. The molecular weight excluding hydrogens is 348 g/mol. The standard InChI is InChI=1S/C21H22O6/c1-3-20(23)26-13-5-4-12-25-17-8-6-16(7-9-17)21(24)27-18-10-11-19(22)15(2)14-18/h3,6-11,14,22H,1,4-5,12-13H2,2H3. The molecule has 0 aliphatic rings. The normalized spacial score (nSPS) is 10.1. The summed E-state index contributed by atoms with van der Waals surface area (Å²) < 4.78 is 15.7. The first-order valence-corrected chi connectivity index (χ1v) is 8.53. The summed E-state index contributed by atoms with van der Waals surface area (Å²) in [5.74, 6) is 0.231. The van der Waals surface area contributed by atoms with Gasteiger partial charge in [-0.2, -0.15) is 0 Å². The van der Waals surface area contributed by atoms with Crippen LogP contribution in [0.25, 0.3) is 0 Å². The molecule has 1 N–H and O–H groups in total. The zero-order chi connectivity index (χ0) is 19.6. The molecule has 0 atom stereocenters. The number of unbranched alkanes of at least 4 members (excludes halogenated alkanes) is 1. The van der Waals surface area contributed by atoms with Crippen molar-refractivity contribution in [2.24, 2.45) is 0 Å². The number of aromatic hydroxyl groups is 1. The molecule has 2 aromatic carbocycles. The highest BCUT2D eigenvalue weighted by Gasteiger charge is 2.10. The lowest BCUT2D eigenvalue weighted by atomic mass is 10.2. The fraction of sp³-hybridized carbons (Fsp3) is 0.238. The fourth-order valence-electron chi connectivity index (χ4n) is 2.17. The largest absolute Gasteiger partial charge is 0.508 e. The average Bonchev–Trinajstić information content (AvgIpc) is 2.67. The van der Waals surface area contributed by atoms with E-state index >= 15 is 0 Å². The minimum absolute atomic E-state index is 0.148. The predicted molar refractivity (Wildman–Crippen MR) is 100 cm³/mol. The number of hydrogen-bond acceptors (Lipinski definition) is 6. The molecule has 2 aromatic rings. The molecule has 0 aliphatic carbocycles. The molecule has 0 saturated heterocycles. The Morgan fingerprint density at radius 2 is 1.70 bits per heavy atom. The second kappa shape index (κ2) is 10.0. The molecule has 0 spiro atoms. The van der Waals surface area contributed by atoms with Crippen LogP contribution in [0.3, 0.4) is 0 Å². The number of carbonyl (C=O) groups is 2. The van der Waals surface area contributed by atoms with E-state index in [0.29, 0.717) is 42.3 Å². The topological polar surface area (TPSA) is 82.1 Å². The number of phenols is 1. The second-order valence-electron chi connectivity index (χ2n) is 5.79. The Kier molecular flexibility index (Phi) is 7.43. The van der Waals surface area contributed by atoms with Crippen LogP contribution >= 0.6 is 0 Å². The first kappa shape index (κ1) is 20.0. The van der Waals surface area contributed by atoms with Crippen molar-refractivity contribution >= 4 is 11.9 Å². The summed E-state index contributed by atoms with van der Waals surface area (Å²) in [6, 6.07) is 11.2. The molecule has 0 amide bonds. The van der Waals surface area contributed by atoms with Crippen LogP contribution in [0.2, 0.25) is 0 Å². The number of aryl methyl sites for hydroxylation is 1. The van der Waals surface area contributed by atoms with Gasteiger partial charge in [-0.1, -0.05) is 6.58 Å². The maximum Gasteiger partial charge on any atom is 0.343 e. The Labute approximate surface area is 158 Å². The van der Waals surface area contributed by atoms with Crippen LogP contribution in [0, 0.1) is 6.92 Å². The highest BCUT2D eigenvalue weighted by atomic mass is 16.5. The van der Waals surface area contributed by atoms with Crippen molar-refractivity contribution in [3.63, 3.8) is 0 Å². The minimum Gasteiger partial charge on any atom is -0.508 e. The smallest absolute Gasteiger partial charge is 0.343 e. The van der Waals surface area contributed by atoms with Gasteiger partial charge in [0.1, 0.15) is 17.2 Å². The van der Waals surface area contributed by atoms with E-state index in [0.717, 1.165) is 12.5 Å². The zero-order valence-corrected chi connectivity index (χ0v) is 15.1. The Morgan fingerprint density at radius 1 is 1.04 bits per heavy atom. The molecule has 0 heterocycles. The van der Waals surface area contributed by atoms with Crippen LogP contribution in [0.5, 0.6) is 17.2 Å². The molecule has 0 aliphatic heterocycles. The lowest BCUT2D eigenvalue weighted by Gasteiger charge is -2.08. The third-order valence-corrected chi connectivity index (χ3v) is 3.69. The lowest BCUT2D eigenvalue weighted by molar-refractivity contribution is -0.137. The van der Waals surface area contributed by atoms with E-state index in [4.69, 9.17) is 14.2 Å². The molecule has 27 heavy (non-hydrogen) atoms. The zero-order valence-electron chi connectivity index (χ0n) is 15.1. The maximum absolute atomic E-state index is 12.2. The first-order chi connectivity index (χ1) is 13.0. The summed E-state index contributed by atoms with van der Waals surface area (Å²) in [5, 5.41) is 9.50. The Morgan fingerprint density at radius 3 is 2.37 bits per heavy atom. The van der Waals surface area contributed by atoms with E-state index in [1.54, 1.807) is 37.3 Å². The molecule has 2 rings (SSSR count). The molecule has 0 radical (unpaired) electrons. The van der Waals surface area contributed by atoms with Gasteiger partial charge in [0, 0.05) is 6.08 Å². The number of esters is 2. The van der Waals surface area contributed by atoms with Crippen molar-refractivity contribution in [3.05, 3.63) is 66.2 Å². The number of ether oxygens (including phenoxy) is 3. The number of phenolic OH excluding ortho intramolecular Hbond substituents is 1. The Bertz CT molecular complexity index is 795. The van der Waals surface area contributed by atoms with Gasteiger partial charge in [0.15, 0.2) is 0 Å². The first-order valence-electron chi connectivity index (χ1n) is 8.53. The summed E-state index contributed by atoms with van der Waals surface area (Å²) >= 11 is 0. The van der Waals surface area contributed by atoms with Gasteiger partial charge in [0.2, 0.25) is 0 Å². The molecule has 0 bridgehead atoms. The van der Waals surface area contributed by atoms with E-state index < -0.39 is 11.9 Å². The van der Waals surface area contributed by atoms with Gasteiger partial charge in [-0.25, -0.2) is 9.59 Å². The average molecular weight is 370 g/mol. The maximum atomic E-state index is 12.2. The molecule has 6 heteroatoms. The van der Waals surface area contributed by atoms with Gasteiger partial charge in [0.05, 0.1) is 18.8 Å². The van der Waals surface area contributed by atoms with Crippen molar-refractivity contribution < 1.29 is 28.9 Å². The number of benzene rings is 2. The van der Waals surface area contributed by atoms with Crippen LogP contribution < -0.4 is 9.47 Å². The van der Waals surface area contributed by atoms with Crippen LogP contribution in [-0.2, 0) is 9.53 Å². The molecule has 142 valence electrons. The van der Waals surface area contributed by atoms with Gasteiger partial charge in [-0.15, -0.1) is 0 Å². The summed E-state index contributed by atoms with van der Waals surface area (Å²) in [4.78, 5) is 23.0. The van der Waals surface area contributed by atoms with Crippen LogP contribution in [0.15, 0.2) is 55.1 Å². The highest BCUT2D eigenvalue weighted by molar-refractivity contribution is 5.91. The third-order valence-electron chi connectivity index (χ3n) is 3.69. The lowest BCUT2D eigenvalue weighted by Crippen LogP contribution is -2.08. The van der Waals surface area contributed by atoms with Crippen molar-refractivity contribution in [3.8, 4) is 17.2 Å². The van der Waals surface area contributed by atoms with Crippen LogP contribution in [-0.4, -0.2) is 30.3 Å². The van der Waals surface area contributed by atoms with E-state index in [2.05, 4.69) is 6.58 Å². The monoisotopic (exact) mass is 370 g/mol. The molecule has 6 nitrogen and oxygen atoms in total. The molecule has 0 aromatic heterocycles. The summed E-state index contributed by atoms with van der Waals surface area (Å²) in [7, 11) is 0. The Hall–Kier alpha value is -3.28. The second-order valence-corrected chi connectivity index (χ2v) is 5.79. The summed E-state index contributed by atoms with van der Waals surface area (Å²) in [6.45, 7) is 5.85. The minimum atomic E-state index is -0.490. The van der Waals surface area contributed by atoms with Crippen molar-refractivity contribution in [2.75, 3.05) is 13.2 Å². The van der Waals surface area contributed by atoms with Crippen LogP contribution in [0.1, 0.15) is 28.8 Å². The highest BCUT2D eigenvalue weighted by Crippen LogP contribution is 2.23. The van der Waals surface area contributed by atoms with Crippen molar-refractivity contribution in [1.29, 1.82) is 0 Å². The fourth-order valence-corrected chi connectivity index (χ4v) is 2.17. The van der Waals surface area contributed by atoms with E-state index in [1.165, 1.54) is 12.1 Å². The predicted octanol–water partition coefficient (Wildman–Crippen LogP) is 3.81. The van der Waals surface area contributed by atoms with Gasteiger partial charge in [-0.3, -0.25) is 0 Å². The van der Waals surface area contributed by atoms with Crippen molar-refractivity contribution in [2.45, 2.75) is 19.8 Å². The number of carbonyl (C=O) groups excluding carboxylic acids is 2. The number of rotatable bonds is 9. The summed E-state index contributed by atoms with van der Waals surface area (Å²) in [6.07, 6.45) is 2.55. The van der Waals surface area contributed by atoms with E-state index in [-0.39, 0.29) is 5.75 Å². The Balaban J connectivity index is 1.77. The molecule has 0 saturated carbocycles. The van der Waals surface area contributed by atoms with Gasteiger partial charge in [-0.05, 0) is 67.8 Å². The quantitative estimate of drug-likeness (QED) is 0.313. The van der Waals surface area contributed by atoms with Crippen molar-refractivity contribution in [1.82, 2.24) is 0 Å². The summed E-state index contributed by atoms with van der Waals surface area (Å²) in [5.41, 5.74) is 1.02. The van der Waals surface area contributed by atoms with Gasteiger partial charge < -0.3 is 19.3 Å². The third kappa shape index (κ3) is 6.51. The molecular formula is C21H22O6. The van der Waals surface area contributed by atoms with Gasteiger partial charge >= 0.3 is 11.9 Å². The van der Waals surface area contributed by atoms with Gasteiger partial charge in [0.25, 0.3) is 0 Å². The molecule has 0 fully saturated rings. The van der Waals surface area contributed by atoms with Crippen LogP contribution in [0.4, 0.5) is 0 Å².